The molecular weight excluding hydrogens is 340 g/mol. The summed E-state index contributed by atoms with van der Waals surface area (Å²) in [6, 6.07) is 10.5. The average molecular weight is 361 g/mol. The van der Waals surface area contributed by atoms with Gasteiger partial charge in [-0.05, 0) is 49.2 Å². The molecule has 0 atom stereocenters. The van der Waals surface area contributed by atoms with Crippen LogP contribution in [-0.4, -0.2) is 25.5 Å². The molecule has 25 heavy (non-hydrogen) atoms. The molecule has 0 saturated heterocycles. The van der Waals surface area contributed by atoms with Crippen molar-refractivity contribution in [3.8, 4) is 5.75 Å². The normalized spacial score (nSPS) is 10.2. The summed E-state index contributed by atoms with van der Waals surface area (Å²) in [6.45, 7) is 4.24. The Balaban J connectivity index is 1.94. The highest BCUT2D eigenvalue weighted by molar-refractivity contribution is 6.33. The number of hydrogen-bond acceptors (Lipinski definition) is 3. The molecule has 0 unspecified atom stereocenters. The zero-order valence-electron chi connectivity index (χ0n) is 14.5. The Bertz CT molecular complexity index is 790. The number of anilines is 1. The summed E-state index contributed by atoms with van der Waals surface area (Å²) in [4.78, 5) is 23.8. The number of ether oxygens (including phenoxy) is 1. The second-order valence-corrected chi connectivity index (χ2v) is 6.03. The molecule has 0 heterocycles. The maximum atomic E-state index is 12.1. The summed E-state index contributed by atoms with van der Waals surface area (Å²) in [5.41, 5.74) is 3.03. The first-order valence-corrected chi connectivity index (χ1v) is 8.30. The summed E-state index contributed by atoms with van der Waals surface area (Å²) in [7, 11) is 1.54. The number of hydrogen-bond donors (Lipinski definition) is 2. The number of aryl methyl sites for hydroxylation is 1. The van der Waals surface area contributed by atoms with E-state index in [1.807, 2.05) is 32.0 Å². The van der Waals surface area contributed by atoms with Crippen LogP contribution >= 0.6 is 11.6 Å². The first kappa shape index (κ1) is 18.8. The van der Waals surface area contributed by atoms with Gasteiger partial charge in [-0.3, -0.25) is 9.59 Å². The summed E-state index contributed by atoms with van der Waals surface area (Å²) in [6.07, 6.45) is 0.175. The zero-order valence-corrected chi connectivity index (χ0v) is 15.2. The van der Waals surface area contributed by atoms with Gasteiger partial charge in [0.1, 0.15) is 5.75 Å². The number of amides is 2. The van der Waals surface area contributed by atoms with Crippen molar-refractivity contribution in [1.29, 1.82) is 0 Å². The topological polar surface area (TPSA) is 67.4 Å². The van der Waals surface area contributed by atoms with E-state index >= 15 is 0 Å². The van der Waals surface area contributed by atoms with Crippen LogP contribution in [0.5, 0.6) is 5.75 Å². The van der Waals surface area contributed by atoms with Crippen LogP contribution in [0.2, 0.25) is 5.02 Å². The van der Waals surface area contributed by atoms with Crippen molar-refractivity contribution in [2.24, 2.45) is 0 Å². The van der Waals surface area contributed by atoms with Gasteiger partial charge in [-0.1, -0.05) is 23.7 Å². The number of rotatable bonds is 6. The summed E-state index contributed by atoms with van der Waals surface area (Å²) in [5, 5.41) is 5.61. The minimum Gasteiger partial charge on any atom is -0.493 e. The van der Waals surface area contributed by atoms with Crippen LogP contribution in [0.1, 0.15) is 27.9 Å². The molecule has 0 radical (unpaired) electrons. The number of benzene rings is 2. The van der Waals surface area contributed by atoms with Crippen LogP contribution in [0.4, 0.5) is 5.69 Å². The van der Waals surface area contributed by atoms with Gasteiger partial charge < -0.3 is 15.4 Å². The Morgan fingerprint density at radius 1 is 1.16 bits per heavy atom. The Hall–Kier alpha value is -2.53. The monoisotopic (exact) mass is 360 g/mol. The van der Waals surface area contributed by atoms with Crippen molar-refractivity contribution < 1.29 is 14.3 Å². The van der Waals surface area contributed by atoms with E-state index in [0.717, 1.165) is 16.9 Å². The minimum atomic E-state index is -0.245. The summed E-state index contributed by atoms with van der Waals surface area (Å²) in [5.74, 6) is 0.291. The summed E-state index contributed by atoms with van der Waals surface area (Å²) < 4.78 is 5.68. The Morgan fingerprint density at radius 2 is 1.92 bits per heavy atom. The molecule has 2 rings (SSSR count). The van der Waals surface area contributed by atoms with E-state index in [1.54, 1.807) is 25.2 Å². The largest absolute Gasteiger partial charge is 0.493 e. The second kappa shape index (κ2) is 8.53. The van der Waals surface area contributed by atoms with E-state index in [-0.39, 0.29) is 24.8 Å². The molecule has 2 aromatic carbocycles. The molecule has 0 spiro atoms. The first-order valence-electron chi connectivity index (χ1n) is 7.93. The summed E-state index contributed by atoms with van der Waals surface area (Å²) >= 11 is 6.08. The van der Waals surface area contributed by atoms with Crippen molar-refractivity contribution in [1.82, 2.24) is 5.32 Å². The van der Waals surface area contributed by atoms with E-state index in [1.165, 1.54) is 0 Å². The van der Waals surface area contributed by atoms with Crippen molar-refractivity contribution in [3.63, 3.8) is 0 Å². The Kier molecular flexibility index (Phi) is 6.42. The SMILES string of the molecule is CNC(=O)c1ccc(Cl)c(NC(=O)CCOc2cccc(C)c2C)c1. The van der Waals surface area contributed by atoms with Gasteiger partial charge in [0.25, 0.3) is 5.91 Å². The van der Waals surface area contributed by atoms with Crippen LogP contribution in [0.3, 0.4) is 0 Å². The van der Waals surface area contributed by atoms with Crippen LogP contribution in [0.25, 0.3) is 0 Å². The van der Waals surface area contributed by atoms with Crippen molar-refractivity contribution in [2.75, 3.05) is 19.0 Å². The quantitative estimate of drug-likeness (QED) is 0.824. The Morgan fingerprint density at radius 3 is 2.64 bits per heavy atom. The second-order valence-electron chi connectivity index (χ2n) is 5.62. The molecule has 0 aliphatic carbocycles. The van der Waals surface area contributed by atoms with Gasteiger partial charge >= 0.3 is 0 Å². The van der Waals surface area contributed by atoms with Crippen LogP contribution in [-0.2, 0) is 4.79 Å². The van der Waals surface area contributed by atoms with Gasteiger partial charge in [0.05, 0.1) is 23.7 Å². The lowest BCUT2D eigenvalue weighted by molar-refractivity contribution is -0.116. The molecule has 2 aromatic rings. The van der Waals surface area contributed by atoms with Gasteiger partial charge in [0.15, 0.2) is 0 Å². The maximum absolute atomic E-state index is 12.1. The fourth-order valence-electron chi connectivity index (χ4n) is 2.25. The van der Waals surface area contributed by atoms with Gasteiger partial charge in [-0.25, -0.2) is 0 Å². The lowest BCUT2D eigenvalue weighted by atomic mass is 10.1. The average Bonchev–Trinajstić information content (AvgIpc) is 2.60. The van der Waals surface area contributed by atoms with Gasteiger partial charge in [-0.15, -0.1) is 0 Å². The van der Waals surface area contributed by atoms with E-state index < -0.39 is 0 Å². The molecule has 2 N–H and O–H groups in total. The fourth-order valence-corrected chi connectivity index (χ4v) is 2.42. The lowest BCUT2D eigenvalue weighted by Crippen LogP contribution is -2.19. The van der Waals surface area contributed by atoms with Crippen LogP contribution < -0.4 is 15.4 Å². The molecule has 0 aliphatic rings. The van der Waals surface area contributed by atoms with Crippen LogP contribution in [0.15, 0.2) is 36.4 Å². The van der Waals surface area contributed by atoms with E-state index in [4.69, 9.17) is 16.3 Å². The smallest absolute Gasteiger partial charge is 0.251 e. The molecule has 132 valence electrons. The molecular formula is C19H21ClN2O3. The van der Waals surface area contributed by atoms with Gasteiger partial charge in [0, 0.05) is 12.6 Å². The number of halogens is 1. The lowest BCUT2D eigenvalue weighted by Gasteiger charge is -2.12. The van der Waals surface area contributed by atoms with Crippen molar-refractivity contribution in [2.45, 2.75) is 20.3 Å². The predicted octanol–water partition coefficient (Wildman–Crippen LogP) is 3.72. The first-order chi connectivity index (χ1) is 11.9. The zero-order chi connectivity index (χ0) is 18.4. The number of carbonyl (C=O) groups is 2. The fraction of sp³-hybridized carbons (Fsp3) is 0.263. The van der Waals surface area contributed by atoms with E-state index in [2.05, 4.69) is 10.6 Å². The predicted molar refractivity (Wildman–Crippen MR) is 99.5 cm³/mol. The molecule has 2 amide bonds. The van der Waals surface area contributed by atoms with Crippen molar-refractivity contribution >= 4 is 29.1 Å². The maximum Gasteiger partial charge on any atom is 0.251 e. The van der Waals surface area contributed by atoms with E-state index in [0.29, 0.717) is 16.3 Å². The molecule has 0 aliphatic heterocycles. The molecule has 0 fully saturated rings. The number of carbonyl (C=O) groups excluding carboxylic acids is 2. The molecule has 5 nitrogen and oxygen atoms in total. The molecule has 0 bridgehead atoms. The molecule has 6 heteroatoms. The van der Waals surface area contributed by atoms with Gasteiger partial charge in [-0.2, -0.15) is 0 Å². The molecule has 0 saturated carbocycles. The molecule has 0 aromatic heterocycles. The highest BCUT2D eigenvalue weighted by Crippen LogP contribution is 2.24. The van der Waals surface area contributed by atoms with Gasteiger partial charge in [0.2, 0.25) is 5.91 Å². The third-order valence-electron chi connectivity index (χ3n) is 3.87. The van der Waals surface area contributed by atoms with E-state index in [9.17, 15) is 9.59 Å². The standard InChI is InChI=1S/C19H21ClN2O3/c1-12-5-4-6-17(13(12)2)25-10-9-18(23)22-16-11-14(19(24)21-3)7-8-15(16)20/h4-8,11H,9-10H2,1-3H3,(H,21,24)(H,22,23). The highest BCUT2D eigenvalue weighted by atomic mass is 35.5. The minimum absolute atomic E-state index is 0.175. The Labute approximate surface area is 152 Å². The van der Waals surface area contributed by atoms with Crippen LogP contribution in [0, 0.1) is 13.8 Å². The number of nitrogens with one attached hydrogen (secondary N) is 2. The third kappa shape index (κ3) is 4.97. The highest BCUT2D eigenvalue weighted by Gasteiger charge is 2.11. The third-order valence-corrected chi connectivity index (χ3v) is 4.20. The van der Waals surface area contributed by atoms with Crippen molar-refractivity contribution in [3.05, 3.63) is 58.1 Å².